The lowest BCUT2D eigenvalue weighted by atomic mass is 10.0. The molecule has 168 valence electrons. The van der Waals surface area contributed by atoms with Gasteiger partial charge in [0, 0.05) is 19.6 Å². The Morgan fingerprint density at radius 2 is 1.97 bits per heavy atom. The van der Waals surface area contributed by atoms with Crippen molar-refractivity contribution in [3.05, 3.63) is 0 Å². The summed E-state index contributed by atoms with van der Waals surface area (Å²) in [6, 6.07) is 0. The molecule has 4 N–H and O–H groups in total. The maximum Gasteiger partial charge on any atom is 0.248 e. The van der Waals surface area contributed by atoms with E-state index in [1.54, 1.807) is 0 Å². The van der Waals surface area contributed by atoms with Gasteiger partial charge in [0.2, 0.25) is 30.2 Å². The zero-order valence-electron chi connectivity index (χ0n) is 17.6. The minimum Gasteiger partial charge on any atom is -0.378 e. The van der Waals surface area contributed by atoms with Crippen molar-refractivity contribution in [3.8, 4) is 0 Å². The molecule has 1 fully saturated rings. The molecule has 1 aromatic heterocycles. The molecule has 1 aromatic rings. The first kappa shape index (κ1) is 23.5. The molecule has 0 saturated carbocycles. The number of hydrogen-bond donors (Lipinski definition) is 4. The van der Waals surface area contributed by atoms with E-state index >= 15 is 0 Å². The van der Waals surface area contributed by atoms with Crippen LogP contribution < -0.4 is 21.1 Å². The molecule has 0 radical (unpaired) electrons. The van der Waals surface area contributed by atoms with E-state index in [1.807, 2.05) is 11.8 Å². The first-order chi connectivity index (χ1) is 14.6. The minimum atomic E-state index is -0.562. The Kier molecular flexibility index (Phi) is 10.0. The van der Waals surface area contributed by atoms with E-state index in [9.17, 15) is 14.8 Å². The highest BCUT2D eigenvalue weighted by Gasteiger charge is 2.21. The second-order valence-electron chi connectivity index (χ2n) is 6.95. The molecular weight excluding hydrogens is 392 g/mol. The number of hydrazine groups is 1. The second-order valence-corrected chi connectivity index (χ2v) is 6.95. The van der Waals surface area contributed by atoms with E-state index in [2.05, 4.69) is 38.0 Å². The Morgan fingerprint density at radius 1 is 1.23 bits per heavy atom. The number of ether oxygens (including phenoxy) is 1. The van der Waals surface area contributed by atoms with Gasteiger partial charge in [-0.3, -0.25) is 25.6 Å². The summed E-state index contributed by atoms with van der Waals surface area (Å²) in [5, 5.41) is 13.0. The summed E-state index contributed by atoms with van der Waals surface area (Å²) in [5.74, 6) is 0.161. The topological polar surface area (TPSA) is 145 Å². The molecule has 1 aliphatic rings. The van der Waals surface area contributed by atoms with Crippen LogP contribution in [0.15, 0.2) is 0 Å². The summed E-state index contributed by atoms with van der Waals surface area (Å²) in [6.07, 6.45) is 3.62. The molecule has 12 heteroatoms. The van der Waals surface area contributed by atoms with Gasteiger partial charge in [-0.1, -0.05) is 26.2 Å². The number of nitrogens with zero attached hydrogens (tertiary/aromatic N) is 5. The SMILES string of the molecule is CCCCC[C@H](CN(O)C=O)C(=O)NNc1nc(NCC)nc(N2CCOCC2)n1. The predicted molar refractivity (Wildman–Crippen MR) is 111 cm³/mol. The van der Waals surface area contributed by atoms with E-state index in [4.69, 9.17) is 4.74 Å². The first-order valence-corrected chi connectivity index (χ1v) is 10.4. The molecule has 0 aromatic carbocycles. The van der Waals surface area contributed by atoms with Gasteiger partial charge in [-0.15, -0.1) is 0 Å². The largest absolute Gasteiger partial charge is 0.378 e. The van der Waals surface area contributed by atoms with Crippen molar-refractivity contribution in [2.45, 2.75) is 39.5 Å². The number of carbonyl (C=O) groups is 2. The van der Waals surface area contributed by atoms with Crippen molar-refractivity contribution in [2.75, 3.05) is 55.0 Å². The van der Waals surface area contributed by atoms with Gasteiger partial charge in [0.05, 0.1) is 25.7 Å². The quantitative estimate of drug-likeness (QED) is 0.154. The van der Waals surface area contributed by atoms with Gasteiger partial charge in [0.25, 0.3) is 0 Å². The summed E-state index contributed by atoms with van der Waals surface area (Å²) in [4.78, 5) is 38.4. The Bertz CT molecular complexity index is 672. The summed E-state index contributed by atoms with van der Waals surface area (Å²) in [6.45, 7) is 7.06. The average Bonchev–Trinajstić information content (AvgIpc) is 2.77. The Labute approximate surface area is 176 Å². The summed E-state index contributed by atoms with van der Waals surface area (Å²) in [7, 11) is 0. The van der Waals surface area contributed by atoms with Crippen LogP contribution in [0.5, 0.6) is 0 Å². The van der Waals surface area contributed by atoms with Crippen LogP contribution in [0.25, 0.3) is 0 Å². The number of nitrogens with one attached hydrogen (secondary N) is 3. The molecule has 0 bridgehead atoms. The maximum atomic E-state index is 12.6. The van der Waals surface area contributed by atoms with Crippen LogP contribution in [-0.4, -0.2) is 76.9 Å². The molecule has 0 spiro atoms. The highest BCUT2D eigenvalue weighted by atomic mass is 16.5. The predicted octanol–water partition coefficient (Wildman–Crippen LogP) is 0.627. The van der Waals surface area contributed by atoms with Crippen molar-refractivity contribution in [3.63, 3.8) is 0 Å². The molecule has 0 unspecified atom stereocenters. The van der Waals surface area contributed by atoms with Gasteiger partial charge >= 0.3 is 0 Å². The van der Waals surface area contributed by atoms with Crippen LogP contribution in [0.3, 0.4) is 0 Å². The van der Waals surface area contributed by atoms with E-state index in [0.29, 0.717) is 56.2 Å². The summed E-state index contributed by atoms with van der Waals surface area (Å²) in [5.41, 5.74) is 5.33. The lowest BCUT2D eigenvalue weighted by molar-refractivity contribution is -0.154. The lowest BCUT2D eigenvalue weighted by Gasteiger charge is -2.27. The Morgan fingerprint density at radius 3 is 2.63 bits per heavy atom. The highest BCUT2D eigenvalue weighted by molar-refractivity contribution is 5.80. The third-order valence-electron chi connectivity index (χ3n) is 4.61. The first-order valence-electron chi connectivity index (χ1n) is 10.4. The van der Waals surface area contributed by atoms with Crippen molar-refractivity contribution >= 4 is 30.2 Å². The van der Waals surface area contributed by atoms with Crippen molar-refractivity contribution < 1.29 is 19.5 Å². The van der Waals surface area contributed by atoms with Gasteiger partial charge < -0.3 is 15.0 Å². The lowest BCUT2D eigenvalue weighted by Crippen LogP contribution is -2.41. The smallest absolute Gasteiger partial charge is 0.248 e. The van der Waals surface area contributed by atoms with Crippen molar-refractivity contribution in [2.24, 2.45) is 5.92 Å². The van der Waals surface area contributed by atoms with E-state index in [0.717, 1.165) is 19.3 Å². The molecule has 0 aliphatic carbocycles. The summed E-state index contributed by atoms with van der Waals surface area (Å²) < 4.78 is 5.37. The maximum absolute atomic E-state index is 12.6. The van der Waals surface area contributed by atoms with Crippen molar-refractivity contribution in [1.29, 1.82) is 0 Å². The number of carbonyl (C=O) groups excluding carboxylic acids is 2. The molecule has 12 nitrogen and oxygen atoms in total. The van der Waals surface area contributed by atoms with Crippen LogP contribution in [0.4, 0.5) is 17.8 Å². The van der Waals surface area contributed by atoms with E-state index < -0.39 is 5.92 Å². The molecule has 2 amide bonds. The van der Waals surface area contributed by atoms with Crippen LogP contribution in [0.2, 0.25) is 0 Å². The molecule has 1 saturated heterocycles. The van der Waals surface area contributed by atoms with Gasteiger partial charge in [0.15, 0.2) is 0 Å². The van der Waals surface area contributed by atoms with Crippen molar-refractivity contribution in [1.82, 2.24) is 25.4 Å². The summed E-state index contributed by atoms with van der Waals surface area (Å²) >= 11 is 0. The second kappa shape index (κ2) is 12.8. The van der Waals surface area contributed by atoms with E-state index in [-0.39, 0.29) is 24.8 Å². The molecule has 2 heterocycles. The van der Waals surface area contributed by atoms with Gasteiger partial charge in [-0.05, 0) is 13.3 Å². The zero-order valence-corrected chi connectivity index (χ0v) is 17.6. The monoisotopic (exact) mass is 424 g/mol. The van der Waals surface area contributed by atoms with Crippen LogP contribution in [-0.2, 0) is 14.3 Å². The van der Waals surface area contributed by atoms with Crippen LogP contribution in [0, 0.1) is 5.92 Å². The highest BCUT2D eigenvalue weighted by Crippen LogP contribution is 2.15. The third kappa shape index (κ3) is 7.59. The van der Waals surface area contributed by atoms with E-state index in [1.165, 1.54) is 0 Å². The zero-order chi connectivity index (χ0) is 21.8. The molecule has 2 rings (SSSR count). The Balaban J connectivity index is 2.05. The number of hydroxylamine groups is 2. The molecule has 30 heavy (non-hydrogen) atoms. The van der Waals surface area contributed by atoms with Gasteiger partial charge in [-0.25, -0.2) is 5.06 Å². The number of rotatable bonds is 13. The number of anilines is 3. The third-order valence-corrected chi connectivity index (χ3v) is 4.61. The Hall–Kier alpha value is -2.73. The number of unbranched alkanes of at least 4 members (excludes halogenated alkanes) is 2. The van der Waals surface area contributed by atoms with Gasteiger partial charge in [-0.2, -0.15) is 15.0 Å². The normalized spacial score (nSPS) is 14.7. The average molecular weight is 425 g/mol. The standard InChI is InChI=1S/C18H32N8O4/c1-3-5-6-7-14(12-26(29)13-27)15(28)23-24-17-20-16(19-4-2)21-18(22-17)25-8-10-30-11-9-25/h13-14,29H,3-12H2,1-2H3,(H,23,28)(H2,19,20,21,22,24)/t14-/m1/s1. The molecule has 1 atom stereocenters. The number of morpholine rings is 1. The number of hydrogen-bond acceptors (Lipinski definition) is 10. The van der Waals surface area contributed by atoms with Gasteiger partial charge in [0.1, 0.15) is 0 Å². The fraction of sp³-hybridized carbons (Fsp3) is 0.722. The van der Waals surface area contributed by atoms with Crippen LogP contribution >= 0.6 is 0 Å². The fourth-order valence-corrected chi connectivity index (χ4v) is 3.00. The molecular formula is C18H32N8O4. The molecule has 1 aliphatic heterocycles. The fourth-order valence-electron chi connectivity index (χ4n) is 3.00. The van der Waals surface area contributed by atoms with Crippen LogP contribution in [0.1, 0.15) is 39.5 Å². The minimum absolute atomic E-state index is 0.0837. The number of amides is 2. The number of aromatic nitrogens is 3.